The van der Waals surface area contributed by atoms with Crippen LogP contribution in [0.1, 0.15) is 65.7 Å². The number of nitrogens with two attached hydrogens (primary N) is 1. The maximum Gasteiger partial charge on any atom is 0.408 e. The van der Waals surface area contributed by atoms with E-state index in [0.29, 0.717) is 25.3 Å². The Morgan fingerprint density at radius 2 is 1.72 bits per heavy atom. The molecule has 15 nitrogen and oxygen atoms in total. The Bertz CT molecular complexity index is 1960. The van der Waals surface area contributed by atoms with Crippen LogP contribution in [-0.2, 0) is 29.3 Å². The number of imidazole rings is 1. The van der Waals surface area contributed by atoms with Gasteiger partial charge in [0.15, 0.2) is 0 Å². The van der Waals surface area contributed by atoms with Crippen LogP contribution in [0.15, 0.2) is 66.7 Å². The summed E-state index contributed by atoms with van der Waals surface area (Å²) < 4.78 is 40.7. The molecule has 2 fully saturated rings. The lowest BCUT2D eigenvalue weighted by atomic mass is 10.0. The average molecular weight is 766 g/mol. The van der Waals surface area contributed by atoms with Crippen molar-refractivity contribution in [2.24, 2.45) is 17.6 Å². The molecule has 2 heterocycles. The van der Waals surface area contributed by atoms with Gasteiger partial charge in [0.2, 0.25) is 17.7 Å². The second-order valence-corrected chi connectivity index (χ2v) is 16.8. The number of alkyl carbamates (subject to hydrolysis) is 1. The molecule has 16 heteroatoms. The third-order valence-corrected chi connectivity index (χ3v) is 10.7. The number of aromatic nitrogens is 2. The molecule has 292 valence electrons. The van der Waals surface area contributed by atoms with E-state index in [1.54, 1.807) is 20.8 Å². The number of fused-ring (bicyclic) bond motifs is 1. The van der Waals surface area contributed by atoms with E-state index in [9.17, 15) is 27.6 Å². The Morgan fingerprint density at radius 3 is 2.41 bits per heavy atom. The third-order valence-electron chi connectivity index (χ3n) is 9.31. The third kappa shape index (κ3) is 10.4. The summed E-state index contributed by atoms with van der Waals surface area (Å²) in [7, 11) is -1.11. The van der Waals surface area contributed by atoms with Crippen molar-refractivity contribution in [1.29, 1.82) is 0 Å². The summed E-state index contributed by atoms with van der Waals surface area (Å²) in [4.78, 5) is 58.1. The molecule has 4 amide bonds. The topological polar surface area (TPSA) is 195 Å². The van der Waals surface area contributed by atoms with Gasteiger partial charge in [0.05, 0.1) is 23.3 Å². The van der Waals surface area contributed by atoms with E-state index < -0.39 is 57.8 Å². The number of ether oxygens (including phenoxy) is 2. The van der Waals surface area contributed by atoms with E-state index >= 15 is 0 Å². The Labute approximate surface area is 316 Å². The first kappa shape index (κ1) is 40.2. The van der Waals surface area contributed by atoms with Crippen molar-refractivity contribution in [2.45, 2.75) is 89.5 Å². The zero-order valence-electron chi connectivity index (χ0n) is 31.4. The normalized spacial score (nSPS) is 20.6. The lowest BCUT2D eigenvalue weighted by molar-refractivity contribution is -0.139. The van der Waals surface area contributed by atoms with Crippen LogP contribution >= 0.6 is 0 Å². The molecule has 2 aromatic carbocycles. The SMILES string of the molecule is CN(C)S(=O)(=O)NC(=O)[C@H]1C[C@H]1/C=C\CCCCC[C@H](NC(=O)OC(C)(C)C)C(=O)N1CC(Oc2nc3ccccc3n2-c2ccccc2)C[C@H]1C(N)=O. The van der Waals surface area contributed by atoms with Gasteiger partial charge >= 0.3 is 22.3 Å². The Kier molecular flexibility index (Phi) is 12.7. The monoisotopic (exact) mass is 765 g/mol. The molecule has 1 saturated carbocycles. The predicted octanol–water partition coefficient (Wildman–Crippen LogP) is 3.82. The number of amides is 4. The molecular formula is C38H51N7O8S. The van der Waals surface area contributed by atoms with Gasteiger partial charge in [-0.2, -0.15) is 17.7 Å². The number of rotatable bonds is 16. The molecule has 0 radical (unpaired) electrons. The number of carbonyl (C=O) groups excluding carboxylic acids is 4. The number of hydrogen-bond acceptors (Lipinski definition) is 9. The quantitative estimate of drug-likeness (QED) is 0.144. The second-order valence-electron chi connectivity index (χ2n) is 15.0. The molecule has 0 spiro atoms. The maximum atomic E-state index is 14.1. The predicted molar refractivity (Wildman–Crippen MR) is 203 cm³/mol. The summed E-state index contributed by atoms with van der Waals surface area (Å²) in [6, 6.07) is 15.6. The minimum absolute atomic E-state index is 0.00802. The van der Waals surface area contributed by atoms with Crippen LogP contribution in [-0.4, -0.2) is 95.4 Å². The van der Waals surface area contributed by atoms with Gasteiger partial charge in [-0.15, -0.1) is 0 Å². The van der Waals surface area contributed by atoms with Crippen molar-refractivity contribution >= 4 is 45.1 Å². The second kappa shape index (κ2) is 17.0. The number of nitrogens with one attached hydrogen (secondary N) is 2. The number of allylic oxidation sites excluding steroid dienone is 2. The van der Waals surface area contributed by atoms with E-state index in [1.165, 1.54) is 19.0 Å². The highest BCUT2D eigenvalue weighted by molar-refractivity contribution is 7.87. The number of hydrogen-bond donors (Lipinski definition) is 3. The first-order chi connectivity index (χ1) is 25.5. The van der Waals surface area contributed by atoms with Crippen LogP contribution in [0.4, 0.5) is 4.79 Å². The van der Waals surface area contributed by atoms with Gasteiger partial charge in [0, 0.05) is 26.4 Å². The number of para-hydroxylation sites is 3. The summed E-state index contributed by atoms with van der Waals surface area (Å²) >= 11 is 0. The van der Waals surface area contributed by atoms with Gasteiger partial charge in [-0.25, -0.2) is 9.52 Å². The molecule has 0 bridgehead atoms. The summed E-state index contributed by atoms with van der Waals surface area (Å²) in [5.41, 5.74) is 7.44. The molecule has 5 rings (SSSR count). The van der Waals surface area contributed by atoms with Crippen molar-refractivity contribution in [3.05, 3.63) is 66.7 Å². The highest BCUT2D eigenvalue weighted by Gasteiger charge is 2.44. The minimum Gasteiger partial charge on any atom is -0.459 e. The van der Waals surface area contributed by atoms with Crippen molar-refractivity contribution in [2.75, 3.05) is 20.6 Å². The van der Waals surface area contributed by atoms with Crippen LogP contribution in [0.5, 0.6) is 6.01 Å². The lowest BCUT2D eigenvalue weighted by Gasteiger charge is -2.28. The fraction of sp³-hybridized carbons (Fsp3) is 0.500. The number of carbonyl (C=O) groups is 4. The maximum absolute atomic E-state index is 14.1. The Balaban J connectivity index is 1.20. The number of nitrogens with zero attached hydrogens (tertiary/aromatic N) is 4. The zero-order valence-corrected chi connectivity index (χ0v) is 32.3. The fourth-order valence-electron chi connectivity index (χ4n) is 6.44. The Hall–Kier alpha value is -4.96. The van der Waals surface area contributed by atoms with Gasteiger partial charge in [0.1, 0.15) is 23.8 Å². The molecule has 1 aliphatic carbocycles. The van der Waals surface area contributed by atoms with Gasteiger partial charge in [-0.1, -0.05) is 55.3 Å². The van der Waals surface area contributed by atoms with E-state index in [0.717, 1.165) is 40.3 Å². The molecule has 2 aliphatic rings. The first-order valence-electron chi connectivity index (χ1n) is 18.2. The minimum atomic E-state index is -3.82. The fourth-order valence-corrected chi connectivity index (χ4v) is 7.03. The number of likely N-dealkylation sites (tertiary alicyclic amines) is 1. The van der Waals surface area contributed by atoms with Gasteiger partial charge < -0.3 is 25.4 Å². The van der Waals surface area contributed by atoms with Crippen LogP contribution in [0.3, 0.4) is 0 Å². The van der Waals surface area contributed by atoms with Crippen LogP contribution < -0.4 is 20.5 Å². The molecule has 5 atom stereocenters. The summed E-state index contributed by atoms with van der Waals surface area (Å²) in [5, 5.41) is 2.73. The van der Waals surface area contributed by atoms with Crippen molar-refractivity contribution < 1.29 is 37.1 Å². The highest BCUT2D eigenvalue weighted by atomic mass is 32.2. The molecule has 1 saturated heterocycles. The summed E-state index contributed by atoms with van der Waals surface area (Å²) in [6.07, 6.45) is 6.45. The van der Waals surface area contributed by atoms with E-state index in [1.807, 2.05) is 71.3 Å². The molecule has 3 aromatic rings. The largest absolute Gasteiger partial charge is 0.459 e. The molecular weight excluding hydrogens is 715 g/mol. The van der Waals surface area contributed by atoms with Crippen LogP contribution in [0, 0.1) is 11.8 Å². The molecule has 1 aliphatic heterocycles. The smallest absolute Gasteiger partial charge is 0.408 e. The van der Waals surface area contributed by atoms with E-state index in [4.69, 9.17) is 20.2 Å². The lowest BCUT2D eigenvalue weighted by Crippen LogP contribution is -2.53. The van der Waals surface area contributed by atoms with Crippen LogP contribution in [0.25, 0.3) is 16.7 Å². The summed E-state index contributed by atoms with van der Waals surface area (Å²) in [6.45, 7) is 5.25. The van der Waals surface area contributed by atoms with E-state index in [-0.39, 0.29) is 24.8 Å². The van der Waals surface area contributed by atoms with Gasteiger partial charge in [0.25, 0.3) is 0 Å². The average Bonchev–Trinajstić information content (AvgIpc) is 3.61. The van der Waals surface area contributed by atoms with E-state index in [2.05, 4.69) is 10.0 Å². The Morgan fingerprint density at radius 1 is 1.02 bits per heavy atom. The van der Waals surface area contributed by atoms with Crippen molar-refractivity contribution in [3.8, 4) is 11.7 Å². The zero-order chi connectivity index (χ0) is 39.2. The standard InChI is InChI=1S/C38H51N7O8S/c1-38(2,3)53-37(49)41-30(20-13-8-6-7-10-16-25-22-28(25)34(47)42-54(50,51)43(4)5)35(48)44-24-27(23-32(44)33(39)46)52-36-40-29-19-14-15-21-31(29)45(36)26-17-11-9-12-18-26/h9-12,14-19,21,25,27-28,30,32H,6-8,13,20,22-24H2,1-5H3,(H2,39,46)(H,41,49)(H,42,47)/b16-10-/t25-,27?,28+,30+,32+/m1/s1. The molecule has 54 heavy (non-hydrogen) atoms. The van der Waals surface area contributed by atoms with Gasteiger partial charge in [-0.05, 0) is 76.6 Å². The number of unbranched alkanes of at least 4 members (excludes halogenated alkanes) is 3. The summed E-state index contributed by atoms with van der Waals surface area (Å²) in [5.74, 6) is -2.02. The molecule has 4 N–H and O–H groups in total. The van der Waals surface area contributed by atoms with Gasteiger partial charge in [-0.3, -0.25) is 19.0 Å². The molecule has 1 unspecified atom stereocenters. The molecule has 1 aromatic heterocycles. The number of primary amides is 1. The van der Waals surface area contributed by atoms with Crippen molar-refractivity contribution in [3.63, 3.8) is 0 Å². The number of benzene rings is 2. The van der Waals surface area contributed by atoms with Crippen LogP contribution in [0.2, 0.25) is 0 Å². The first-order valence-corrected chi connectivity index (χ1v) is 19.7. The van der Waals surface area contributed by atoms with Crippen molar-refractivity contribution in [1.82, 2.24) is 28.8 Å². The highest BCUT2D eigenvalue weighted by Crippen LogP contribution is 2.40.